The molecule has 1 unspecified atom stereocenters. The van der Waals surface area contributed by atoms with Crippen molar-refractivity contribution in [3.8, 4) is 5.88 Å². The van der Waals surface area contributed by atoms with E-state index in [9.17, 15) is 0 Å². The zero-order valence-electron chi connectivity index (χ0n) is 6.88. The van der Waals surface area contributed by atoms with E-state index in [-0.39, 0.29) is 3.42 Å². The Kier molecular flexibility index (Phi) is 1.98. The van der Waals surface area contributed by atoms with Crippen LogP contribution in [0.2, 0.25) is 0 Å². The number of alkyl halides is 1. The van der Waals surface area contributed by atoms with Crippen LogP contribution in [0, 0.1) is 0 Å². The van der Waals surface area contributed by atoms with E-state index in [2.05, 4.69) is 40.6 Å². The number of ether oxygens (including phenoxy) is 1. The summed E-state index contributed by atoms with van der Waals surface area (Å²) in [5.41, 5.74) is 1.22. The molecule has 2 heterocycles. The van der Waals surface area contributed by atoms with Crippen molar-refractivity contribution in [3.05, 3.63) is 23.9 Å². The van der Waals surface area contributed by atoms with Gasteiger partial charge < -0.3 is 4.74 Å². The summed E-state index contributed by atoms with van der Waals surface area (Å²) in [6, 6.07) is 4.05. The minimum absolute atomic E-state index is 0.194. The average Bonchev–Trinajstić information content (AvgIpc) is 2.04. The predicted octanol–water partition coefficient (Wildman–Crippen LogP) is 2.51. The van der Waals surface area contributed by atoms with Crippen LogP contribution in [0.3, 0.4) is 0 Å². The van der Waals surface area contributed by atoms with Crippen molar-refractivity contribution >= 4 is 22.6 Å². The first kappa shape index (κ1) is 8.29. The zero-order valence-corrected chi connectivity index (χ0v) is 9.04. The molecule has 0 amide bonds. The largest absolute Gasteiger partial charge is 0.477 e. The Labute approximate surface area is 85.5 Å². The number of rotatable bonds is 0. The third-order valence-corrected chi connectivity index (χ3v) is 3.26. The fraction of sp³-hybridized carbons (Fsp3) is 0.444. The van der Waals surface area contributed by atoms with Gasteiger partial charge in [-0.2, -0.15) is 0 Å². The van der Waals surface area contributed by atoms with E-state index in [0.717, 1.165) is 18.9 Å². The molecule has 0 spiro atoms. The second-order valence-electron chi connectivity index (χ2n) is 3.15. The van der Waals surface area contributed by atoms with Crippen LogP contribution in [0.25, 0.3) is 0 Å². The van der Waals surface area contributed by atoms with Crippen molar-refractivity contribution < 1.29 is 4.74 Å². The molecule has 1 atom stereocenters. The number of fused-ring (bicyclic) bond motifs is 1. The van der Waals surface area contributed by atoms with Crippen LogP contribution in [-0.4, -0.2) is 11.6 Å². The van der Waals surface area contributed by atoms with Gasteiger partial charge in [-0.3, -0.25) is 0 Å². The van der Waals surface area contributed by atoms with Crippen molar-refractivity contribution in [1.29, 1.82) is 0 Å². The van der Waals surface area contributed by atoms with E-state index in [4.69, 9.17) is 4.74 Å². The molecular formula is C9H10INO. The number of halogens is 1. The Morgan fingerprint density at radius 3 is 3.25 bits per heavy atom. The fourth-order valence-corrected chi connectivity index (χ4v) is 2.01. The fourth-order valence-electron chi connectivity index (χ4n) is 1.38. The van der Waals surface area contributed by atoms with E-state index in [1.54, 1.807) is 6.20 Å². The van der Waals surface area contributed by atoms with Crippen LogP contribution in [0.1, 0.15) is 18.9 Å². The first-order valence-corrected chi connectivity index (χ1v) is 5.05. The van der Waals surface area contributed by atoms with Crippen molar-refractivity contribution in [2.24, 2.45) is 0 Å². The van der Waals surface area contributed by atoms with Crippen molar-refractivity contribution in [3.63, 3.8) is 0 Å². The predicted molar refractivity (Wildman–Crippen MR) is 55.7 cm³/mol. The minimum Gasteiger partial charge on any atom is -0.477 e. The molecule has 0 aliphatic carbocycles. The Hall–Kier alpha value is -0.320. The van der Waals surface area contributed by atoms with E-state index >= 15 is 0 Å². The smallest absolute Gasteiger partial charge is 0.217 e. The molecular weight excluding hydrogens is 265 g/mol. The van der Waals surface area contributed by atoms with Gasteiger partial charge in [-0.05, 0) is 13.0 Å². The van der Waals surface area contributed by atoms with E-state index < -0.39 is 0 Å². The van der Waals surface area contributed by atoms with Gasteiger partial charge in [-0.25, -0.2) is 4.98 Å². The summed E-state index contributed by atoms with van der Waals surface area (Å²) < 4.78 is 5.64. The average molecular weight is 275 g/mol. The standard InChI is InChI=1S/C9H10INO/c1-9(10)4-6-12-8-7(9)3-2-5-11-8/h2-3,5H,4,6H2,1H3. The van der Waals surface area contributed by atoms with Gasteiger partial charge in [0.05, 0.1) is 10.0 Å². The summed E-state index contributed by atoms with van der Waals surface area (Å²) in [6.07, 6.45) is 2.84. The molecule has 64 valence electrons. The first-order valence-electron chi connectivity index (χ1n) is 3.97. The molecule has 3 heteroatoms. The summed E-state index contributed by atoms with van der Waals surface area (Å²) in [4.78, 5) is 4.19. The van der Waals surface area contributed by atoms with Gasteiger partial charge in [-0.1, -0.05) is 28.7 Å². The lowest BCUT2D eigenvalue weighted by Gasteiger charge is -2.29. The van der Waals surface area contributed by atoms with Gasteiger partial charge in [0.25, 0.3) is 0 Å². The molecule has 0 N–H and O–H groups in total. The number of nitrogens with zero attached hydrogens (tertiary/aromatic N) is 1. The lowest BCUT2D eigenvalue weighted by atomic mass is 9.97. The van der Waals surface area contributed by atoms with E-state index in [0.29, 0.717) is 0 Å². The lowest BCUT2D eigenvalue weighted by molar-refractivity contribution is 0.256. The molecule has 1 aliphatic heterocycles. The van der Waals surface area contributed by atoms with Crippen LogP contribution in [0.15, 0.2) is 18.3 Å². The second kappa shape index (κ2) is 2.87. The van der Waals surface area contributed by atoms with Crippen LogP contribution < -0.4 is 4.74 Å². The lowest BCUT2D eigenvalue weighted by Crippen LogP contribution is -2.24. The molecule has 2 rings (SSSR count). The SMILES string of the molecule is CC1(I)CCOc2ncccc21. The monoisotopic (exact) mass is 275 g/mol. The Bertz CT molecular complexity index is 298. The van der Waals surface area contributed by atoms with Gasteiger partial charge >= 0.3 is 0 Å². The van der Waals surface area contributed by atoms with Crippen molar-refractivity contribution in [2.45, 2.75) is 16.8 Å². The molecule has 1 aromatic heterocycles. The van der Waals surface area contributed by atoms with Crippen molar-refractivity contribution in [2.75, 3.05) is 6.61 Å². The van der Waals surface area contributed by atoms with Gasteiger partial charge in [0, 0.05) is 18.2 Å². The van der Waals surface area contributed by atoms with Gasteiger partial charge in [0.2, 0.25) is 5.88 Å². The van der Waals surface area contributed by atoms with Crippen LogP contribution in [-0.2, 0) is 3.42 Å². The maximum atomic E-state index is 5.44. The van der Waals surface area contributed by atoms with E-state index in [1.807, 2.05) is 6.07 Å². The molecule has 1 aliphatic rings. The molecule has 0 radical (unpaired) electrons. The van der Waals surface area contributed by atoms with Gasteiger partial charge in [0.15, 0.2) is 0 Å². The Balaban J connectivity index is 2.52. The van der Waals surface area contributed by atoms with E-state index in [1.165, 1.54) is 5.56 Å². The third-order valence-electron chi connectivity index (χ3n) is 2.14. The normalized spacial score (nSPS) is 27.5. The van der Waals surface area contributed by atoms with Crippen LogP contribution >= 0.6 is 22.6 Å². The molecule has 2 nitrogen and oxygen atoms in total. The molecule has 0 saturated heterocycles. The minimum atomic E-state index is 0.194. The Morgan fingerprint density at radius 1 is 1.67 bits per heavy atom. The number of hydrogen-bond acceptors (Lipinski definition) is 2. The second-order valence-corrected chi connectivity index (χ2v) is 5.53. The molecule has 0 saturated carbocycles. The summed E-state index contributed by atoms with van der Waals surface area (Å²) in [7, 11) is 0. The maximum absolute atomic E-state index is 5.44. The highest BCUT2D eigenvalue weighted by atomic mass is 127. The summed E-state index contributed by atoms with van der Waals surface area (Å²) in [5, 5.41) is 0. The zero-order chi connectivity index (χ0) is 8.60. The summed E-state index contributed by atoms with van der Waals surface area (Å²) in [6.45, 7) is 3.00. The van der Waals surface area contributed by atoms with Crippen LogP contribution in [0.4, 0.5) is 0 Å². The highest BCUT2D eigenvalue weighted by molar-refractivity contribution is 14.1. The summed E-state index contributed by atoms with van der Waals surface area (Å²) >= 11 is 2.46. The number of pyridine rings is 1. The van der Waals surface area contributed by atoms with Crippen LogP contribution in [0.5, 0.6) is 5.88 Å². The summed E-state index contributed by atoms with van der Waals surface area (Å²) in [5.74, 6) is 0.806. The highest BCUT2D eigenvalue weighted by Crippen LogP contribution is 2.41. The molecule has 1 aromatic rings. The molecule has 0 fully saturated rings. The third kappa shape index (κ3) is 1.30. The number of hydrogen-bond donors (Lipinski definition) is 0. The van der Waals surface area contributed by atoms with Gasteiger partial charge in [0.1, 0.15) is 0 Å². The van der Waals surface area contributed by atoms with Crippen molar-refractivity contribution in [1.82, 2.24) is 4.98 Å². The molecule has 0 aromatic carbocycles. The first-order chi connectivity index (χ1) is 5.70. The highest BCUT2D eigenvalue weighted by Gasteiger charge is 2.30. The van der Waals surface area contributed by atoms with Gasteiger partial charge in [-0.15, -0.1) is 0 Å². The number of aromatic nitrogens is 1. The molecule has 12 heavy (non-hydrogen) atoms. The quantitative estimate of drug-likeness (QED) is 0.536. The maximum Gasteiger partial charge on any atom is 0.217 e. The molecule has 0 bridgehead atoms. The topological polar surface area (TPSA) is 22.1 Å². The Morgan fingerprint density at radius 2 is 2.50 bits per heavy atom.